The summed E-state index contributed by atoms with van der Waals surface area (Å²) in [6.07, 6.45) is 1.21. The summed E-state index contributed by atoms with van der Waals surface area (Å²) in [7, 11) is 0. The zero-order valence-corrected chi connectivity index (χ0v) is 10.6. The second-order valence-electron chi connectivity index (χ2n) is 6.16. The Balaban J connectivity index is 3.98. The number of aliphatic hydroxyl groups is 1. The van der Waals surface area contributed by atoms with Crippen molar-refractivity contribution < 1.29 is 5.11 Å². The monoisotopic (exact) mass is 201 g/mol. The quantitative estimate of drug-likeness (QED) is 0.692. The highest BCUT2D eigenvalue weighted by Gasteiger charge is 2.23. The van der Waals surface area contributed by atoms with Crippen molar-refractivity contribution in [2.75, 3.05) is 13.2 Å². The Hall–Kier alpha value is -0.0800. The highest BCUT2D eigenvalue weighted by molar-refractivity contribution is 4.81. The number of nitrogens with one attached hydrogen (secondary N) is 1. The molecule has 0 aliphatic rings. The summed E-state index contributed by atoms with van der Waals surface area (Å²) in [5.41, 5.74) is 0.148. The predicted molar refractivity (Wildman–Crippen MR) is 62.4 cm³/mol. The van der Waals surface area contributed by atoms with Crippen molar-refractivity contribution in [1.29, 1.82) is 0 Å². The fourth-order valence-electron chi connectivity index (χ4n) is 1.71. The zero-order chi connectivity index (χ0) is 11.4. The molecule has 0 radical (unpaired) electrons. The summed E-state index contributed by atoms with van der Waals surface area (Å²) in [6.45, 7) is 14.2. The first-order valence-electron chi connectivity index (χ1n) is 5.54. The van der Waals surface area contributed by atoms with E-state index in [2.05, 4.69) is 33.0 Å². The average Bonchev–Trinajstić information content (AvgIpc) is 1.99. The van der Waals surface area contributed by atoms with E-state index in [9.17, 15) is 0 Å². The Labute approximate surface area is 89.1 Å². The summed E-state index contributed by atoms with van der Waals surface area (Å²) < 4.78 is 0. The summed E-state index contributed by atoms with van der Waals surface area (Å²) in [5, 5.41) is 12.5. The number of aliphatic hydroxyl groups excluding tert-OH is 1. The first-order valence-corrected chi connectivity index (χ1v) is 5.54. The van der Waals surface area contributed by atoms with Crippen LogP contribution in [0.3, 0.4) is 0 Å². The molecular formula is C12H27NO. The van der Waals surface area contributed by atoms with E-state index in [1.807, 2.05) is 13.8 Å². The Morgan fingerprint density at radius 1 is 1.14 bits per heavy atom. The van der Waals surface area contributed by atoms with Crippen molar-refractivity contribution in [3.05, 3.63) is 0 Å². The summed E-state index contributed by atoms with van der Waals surface area (Å²) in [6, 6.07) is 0. The average molecular weight is 201 g/mol. The van der Waals surface area contributed by atoms with E-state index in [-0.39, 0.29) is 12.1 Å². The van der Waals surface area contributed by atoms with Crippen LogP contribution in [-0.2, 0) is 0 Å². The maximum absolute atomic E-state index is 9.11. The molecule has 0 unspecified atom stereocenters. The Kier molecular flexibility index (Phi) is 5.10. The van der Waals surface area contributed by atoms with Crippen LogP contribution in [0.2, 0.25) is 0 Å². The molecule has 0 bridgehead atoms. The Morgan fingerprint density at radius 3 is 2.00 bits per heavy atom. The zero-order valence-electron chi connectivity index (χ0n) is 10.6. The lowest BCUT2D eigenvalue weighted by Gasteiger charge is -2.32. The Bertz CT molecular complexity index is 162. The molecule has 0 aromatic rings. The second-order valence-corrected chi connectivity index (χ2v) is 6.16. The van der Waals surface area contributed by atoms with Crippen LogP contribution in [0.15, 0.2) is 0 Å². The predicted octanol–water partition coefficient (Wildman–Crippen LogP) is 2.42. The van der Waals surface area contributed by atoms with Gasteiger partial charge in [0.1, 0.15) is 0 Å². The van der Waals surface area contributed by atoms with Gasteiger partial charge in [0.25, 0.3) is 0 Å². The molecule has 0 heterocycles. The van der Waals surface area contributed by atoms with Crippen molar-refractivity contribution in [3.8, 4) is 0 Å². The van der Waals surface area contributed by atoms with Gasteiger partial charge in [-0.3, -0.25) is 0 Å². The standard InChI is InChI=1S/C12H27NO/c1-10(2)7-11(3,4)8-13-12(5,6)9-14/h10,13-14H,7-9H2,1-6H3. The first-order chi connectivity index (χ1) is 6.18. The van der Waals surface area contributed by atoms with Gasteiger partial charge in [-0.25, -0.2) is 0 Å². The molecule has 0 amide bonds. The lowest BCUT2D eigenvalue weighted by atomic mass is 9.83. The van der Waals surface area contributed by atoms with Gasteiger partial charge < -0.3 is 10.4 Å². The fraction of sp³-hybridized carbons (Fsp3) is 1.00. The van der Waals surface area contributed by atoms with Crippen LogP contribution in [-0.4, -0.2) is 23.8 Å². The molecule has 2 nitrogen and oxygen atoms in total. The molecule has 86 valence electrons. The maximum Gasteiger partial charge on any atom is 0.0607 e. The van der Waals surface area contributed by atoms with Gasteiger partial charge in [-0.05, 0) is 31.6 Å². The van der Waals surface area contributed by atoms with Crippen LogP contribution in [0.5, 0.6) is 0 Å². The summed E-state index contributed by atoms with van der Waals surface area (Å²) in [4.78, 5) is 0. The summed E-state index contributed by atoms with van der Waals surface area (Å²) in [5.74, 6) is 0.726. The van der Waals surface area contributed by atoms with E-state index in [0.717, 1.165) is 12.5 Å². The van der Waals surface area contributed by atoms with Gasteiger partial charge in [-0.15, -0.1) is 0 Å². The third kappa shape index (κ3) is 6.39. The third-order valence-corrected chi connectivity index (χ3v) is 2.40. The topological polar surface area (TPSA) is 32.3 Å². The van der Waals surface area contributed by atoms with Gasteiger partial charge >= 0.3 is 0 Å². The molecule has 0 rings (SSSR count). The van der Waals surface area contributed by atoms with Gasteiger partial charge in [0.05, 0.1) is 6.61 Å². The van der Waals surface area contributed by atoms with E-state index in [1.165, 1.54) is 6.42 Å². The smallest absolute Gasteiger partial charge is 0.0607 e. The van der Waals surface area contributed by atoms with E-state index in [0.29, 0.717) is 5.41 Å². The van der Waals surface area contributed by atoms with Crippen molar-refractivity contribution >= 4 is 0 Å². The molecule has 14 heavy (non-hydrogen) atoms. The molecule has 0 aliphatic carbocycles. The highest BCUT2D eigenvalue weighted by atomic mass is 16.3. The SMILES string of the molecule is CC(C)CC(C)(C)CNC(C)(C)CO. The molecule has 0 aromatic heterocycles. The molecule has 0 aromatic carbocycles. The summed E-state index contributed by atoms with van der Waals surface area (Å²) >= 11 is 0. The number of rotatable bonds is 6. The van der Waals surface area contributed by atoms with Crippen molar-refractivity contribution in [2.24, 2.45) is 11.3 Å². The maximum atomic E-state index is 9.11. The molecule has 0 spiro atoms. The van der Waals surface area contributed by atoms with Gasteiger partial charge in [-0.2, -0.15) is 0 Å². The molecule has 0 saturated heterocycles. The molecule has 0 fully saturated rings. The molecule has 0 aliphatic heterocycles. The van der Waals surface area contributed by atoms with E-state index >= 15 is 0 Å². The molecule has 2 heteroatoms. The lowest BCUT2D eigenvalue weighted by Crippen LogP contribution is -2.47. The van der Waals surface area contributed by atoms with Crippen molar-refractivity contribution in [1.82, 2.24) is 5.32 Å². The van der Waals surface area contributed by atoms with Gasteiger partial charge in [0, 0.05) is 12.1 Å². The molecule has 0 atom stereocenters. The fourth-order valence-corrected chi connectivity index (χ4v) is 1.71. The van der Waals surface area contributed by atoms with Crippen LogP contribution < -0.4 is 5.32 Å². The van der Waals surface area contributed by atoms with Gasteiger partial charge in [0.2, 0.25) is 0 Å². The van der Waals surface area contributed by atoms with Crippen LogP contribution in [0.4, 0.5) is 0 Å². The third-order valence-electron chi connectivity index (χ3n) is 2.40. The van der Waals surface area contributed by atoms with E-state index < -0.39 is 0 Å². The highest BCUT2D eigenvalue weighted by Crippen LogP contribution is 2.24. The number of hydrogen-bond donors (Lipinski definition) is 2. The van der Waals surface area contributed by atoms with Gasteiger partial charge in [-0.1, -0.05) is 27.7 Å². The minimum absolute atomic E-state index is 0.158. The molecule has 0 saturated carbocycles. The number of hydrogen-bond acceptors (Lipinski definition) is 2. The van der Waals surface area contributed by atoms with Crippen LogP contribution in [0.1, 0.15) is 48.0 Å². The minimum atomic E-state index is -0.158. The lowest BCUT2D eigenvalue weighted by molar-refractivity contribution is 0.163. The largest absolute Gasteiger partial charge is 0.394 e. The second kappa shape index (κ2) is 5.13. The Morgan fingerprint density at radius 2 is 1.64 bits per heavy atom. The first kappa shape index (κ1) is 13.9. The van der Waals surface area contributed by atoms with Gasteiger partial charge in [0.15, 0.2) is 0 Å². The van der Waals surface area contributed by atoms with Crippen LogP contribution >= 0.6 is 0 Å². The van der Waals surface area contributed by atoms with E-state index in [4.69, 9.17) is 5.11 Å². The van der Waals surface area contributed by atoms with Crippen molar-refractivity contribution in [2.45, 2.75) is 53.5 Å². The van der Waals surface area contributed by atoms with E-state index in [1.54, 1.807) is 0 Å². The van der Waals surface area contributed by atoms with Crippen LogP contribution in [0.25, 0.3) is 0 Å². The normalized spacial score (nSPS) is 13.7. The van der Waals surface area contributed by atoms with Crippen LogP contribution in [0, 0.1) is 11.3 Å². The molecular weight excluding hydrogens is 174 g/mol. The minimum Gasteiger partial charge on any atom is -0.394 e. The molecule has 2 N–H and O–H groups in total. The van der Waals surface area contributed by atoms with Crippen molar-refractivity contribution in [3.63, 3.8) is 0 Å².